The Balaban J connectivity index is 3.21. The minimum absolute atomic E-state index is 0.0678. The molecule has 0 fully saturated rings. The first-order valence-corrected chi connectivity index (χ1v) is 9.57. The number of alkyl halides is 1. The molecule has 0 bridgehead atoms. The Hall–Kier alpha value is 0.230. The topological polar surface area (TPSA) is 34.1 Å². The summed E-state index contributed by atoms with van der Waals surface area (Å²) in [7, 11) is -3.45. The Morgan fingerprint density at radius 3 is 2.26 bits per heavy atom. The third-order valence-corrected chi connectivity index (χ3v) is 7.37. The molecule has 0 unspecified atom stereocenters. The lowest BCUT2D eigenvalue weighted by Crippen LogP contribution is -2.31. The van der Waals surface area contributed by atoms with Gasteiger partial charge in [0.25, 0.3) is 0 Å². The van der Waals surface area contributed by atoms with Gasteiger partial charge in [0.2, 0.25) is 0 Å². The lowest BCUT2D eigenvalue weighted by Gasteiger charge is -2.29. The van der Waals surface area contributed by atoms with Gasteiger partial charge in [-0.15, -0.1) is 0 Å². The summed E-state index contributed by atoms with van der Waals surface area (Å²) in [5.41, 5.74) is -0.273. The van der Waals surface area contributed by atoms with Crippen molar-refractivity contribution < 1.29 is 8.42 Å². The fourth-order valence-electron chi connectivity index (χ4n) is 1.88. The van der Waals surface area contributed by atoms with Gasteiger partial charge in [-0.3, -0.25) is 0 Å². The van der Waals surface area contributed by atoms with Crippen LogP contribution in [-0.2, 0) is 9.84 Å². The zero-order valence-corrected chi connectivity index (χ0v) is 14.8. The molecular formula is C13H17BrCl2O2S. The van der Waals surface area contributed by atoms with Crippen molar-refractivity contribution in [1.82, 2.24) is 0 Å². The first-order valence-electron chi connectivity index (χ1n) is 6.04. The summed E-state index contributed by atoms with van der Waals surface area (Å²) in [5.74, 6) is 0.0678. The van der Waals surface area contributed by atoms with E-state index in [1.807, 2.05) is 13.8 Å². The quantitative estimate of drug-likeness (QED) is 0.645. The van der Waals surface area contributed by atoms with Crippen molar-refractivity contribution >= 4 is 49.0 Å². The number of sulfone groups is 1. The van der Waals surface area contributed by atoms with Crippen LogP contribution >= 0.6 is 39.1 Å². The van der Waals surface area contributed by atoms with Crippen molar-refractivity contribution in [1.29, 1.82) is 0 Å². The molecule has 0 amide bonds. The van der Waals surface area contributed by atoms with Gasteiger partial charge in [0, 0.05) is 10.4 Å². The lowest BCUT2D eigenvalue weighted by atomic mass is 9.87. The van der Waals surface area contributed by atoms with Crippen molar-refractivity contribution in [2.45, 2.75) is 31.6 Å². The highest BCUT2D eigenvalue weighted by atomic mass is 79.9. The van der Waals surface area contributed by atoms with E-state index >= 15 is 0 Å². The minimum atomic E-state index is -3.45. The number of halogens is 3. The molecule has 1 rings (SSSR count). The van der Waals surface area contributed by atoms with Crippen molar-refractivity contribution in [3.8, 4) is 0 Å². The third-order valence-electron chi connectivity index (χ3n) is 3.51. The highest BCUT2D eigenvalue weighted by Gasteiger charge is 2.33. The maximum Gasteiger partial charge on any atom is 0.180 e. The van der Waals surface area contributed by atoms with Gasteiger partial charge < -0.3 is 0 Å². The van der Waals surface area contributed by atoms with Crippen LogP contribution in [0, 0.1) is 5.41 Å². The Kier molecular flexibility index (Phi) is 6.18. The minimum Gasteiger partial charge on any atom is -0.224 e. The Labute approximate surface area is 133 Å². The van der Waals surface area contributed by atoms with Gasteiger partial charge in [-0.1, -0.05) is 53.0 Å². The maximum atomic E-state index is 12.5. The second-order valence-corrected chi connectivity index (χ2v) is 8.04. The number of hydrogen-bond acceptors (Lipinski definition) is 2. The highest BCUT2D eigenvalue weighted by Crippen LogP contribution is 2.35. The van der Waals surface area contributed by atoms with Gasteiger partial charge in [-0.25, -0.2) is 8.42 Å². The summed E-state index contributed by atoms with van der Waals surface area (Å²) in [5, 5.41) is 1.24. The average Bonchev–Trinajstić information content (AvgIpc) is 2.39. The molecule has 0 aliphatic carbocycles. The van der Waals surface area contributed by atoms with E-state index < -0.39 is 9.84 Å². The molecule has 0 saturated heterocycles. The van der Waals surface area contributed by atoms with Crippen LogP contribution in [0.25, 0.3) is 0 Å². The van der Waals surface area contributed by atoms with E-state index in [1.165, 1.54) is 12.1 Å². The molecule has 0 N–H and O–H groups in total. The zero-order valence-electron chi connectivity index (χ0n) is 10.9. The molecular weight excluding hydrogens is 371 g/mol. The largest absolute Gasteiger partial charge is 0.224 e. The summed E-state index contributed by atoms with van der Waals surface area (Å²) < 4.78 is 25.1. The van der Waals surface area contributed by atoms with E-state index in [0.29, 0.717) is 10.4 Å². The van der Waals surface area contributed by atoms with Crippen LogP contribution < -0.4 is 0 Å². The van der Waals surface area contributed by atoms with Crippen molar-refractivity contribution in [2.75, 3.05) is 11.1 Å². The molecule has 0 radical (unpaired) electrons. The standard InChI is InChI=1S/C13H17BrCl2O2S/c1-3-13(4-2,8-14)9-19(17,18)12-7-10(15)5-6-11(12)16/h5-7H,3-4,8-9H2,1-2H3. The normalized spacial score (nSPS) is 12.7. The average molecular weight is 388 g/mol. The molecule has 2 nitrogen and oxygen atoms in total. The number of rotatable bonds is 6. The summed E-state index contributed by atoms with van der Waals surface area (Å²) in [6.45, 7) is 4.00. The van der Waals surface area contributed by atoms with Crippen LogP contribution in [0.3, 0.4) is 0 Å². The predicted octanol–water partition coefficient (Wildman–Crippen LogP) is 4.97. The van der Waals surface area contributed by atoms with Gasteiger partial charge in [0.1, 0.15) is 0 Å². The molecule has 0 spiro atoms. The molecule has 1 aromatic carbocycles. The van der Waals surface area contributed by atoms with Gasteiger partial charge in [-0.05, 0) is 36.5 Å². The van der Waals surface area contributed by atoms with Crippen molar-refractivity contribution in [3.05, 3.63) is 28.2 Å². The monoisotopic (exact) mass is 386 g/mol. The van der Waals surface area contributed by atoms with Crippen LogP contribution in [0.5, 0.6) is 0 Å². The fourth-order valence-corrected chi connectivity index (χ4v) is 5.98. The smallest absolute Gasteiger partial charge is 0.180 e. The summed E-state index contributed by atoms with van der Waals surface area (Å²) in [6.07, 6.45) is 1.57. The van der Waals surface area contributed by atoms with Crippen molar-refractivity contribution in [3.63, 3.8) is 0 Å². The zero-order chi connectivity index (χ0) is 14.7. The van der Waals surface area contributed by atoms with Crippen LogP contribution in [-0.4, -0.2) is 19.5 Å². The third kappa shape index (κ3) is 4.10. The Bertz CT molecular complexity index is 531. The van der Waals surface area contributed by atoms with E-state index in [9.17, 15) is 8.42 Å². The molecule has 6 heteroatoms. The van der Waals surface area contributed by atoms with E-state index in [-0.39, 0.29) is 21.1 Å². The first kappa shape index (κ1) is 17.3. The highest BCUT2D eigenvalue weighted by molar-refractivity contribution is 9.09. The summed E-state index contributed by atoms with van der Waals surface area (Å²) in [6, 6.07) is 4.52. The maximum absolute atomic E-state index is 12.5. The van der Waals surface area contributed by atoms with Crippen molar-refractivity contribution in [2.24, 2.45) is 5.41 Å². The molecule has 0 aromatic heterocycles. The molecule has 0 aliphatic rings. The summed E-state index contributed by atoms with van der Waals surface area (Å²) in [4.78, 5) is 0.119. The molecule has 108 valence electrons. The molecule has 0 heterocycles. The number of benzene rings is 1. The Morgan fingerprint density at radius 1 is 1.21 bits per heavy atom. The SMILES string of the molecule is CCC(CC)(CBr)CS(=O)(=O)c1cc(Cl)ccc1Cl. The van der Waals surface area contributed by atoms with Gasteiger partial charge in [0.15, 0.2) is 9.84 Å². The molecule has 0 aliphatic heterocycles. The van der Waals surface area contributed by atoms with Crippen LogP contribution in [0.1, 0.15) is 26.7 Å². The second kappa shape index (κ2) is 6.79. The van der Waals surface area contributed by atoms with Gasteiger partial charge in [0.05, 0.1) is 15.7 Å². The van der Waals surface area contributed by atoms with Gasteiger partial charge >= 0.3 is 0 Å². The van der Waals surface area contributed by atoms with Gasteiger partial charge in [-0.2, -0.15) is 0 Å². The first-order chi connectivity index (χ1) is 8.80. The van der Waals surface area contributed by atoms with E-state index in [1.54, 1.807) is 6.07 Å². The molecule has 1 aromatic rings. The Morgan fingerprint density at radius 2 is 1.79 bits per heavy atom. The van der Waals surface area contributed by atoms with Crippen LogP contribution in [0.15, 0.2) is 23.1 Å². The molecule has 19 heavy (non-hydrogen) atoms. The second-order valence-electron chi connectivity index (χ2n) is 4.67. The number of hydrogen-bond donors (Lipinski definition) is 0. The molecule has 0 saturated carbocycles. The van der Waals surface area contributed by atoms with Crippen LogP contribution in [0.2, 0.25) is 10.0 Å². The fraction of sp³-hybridized carbons (Fsp3) is 0.538. The predicted molar refractivity (Wildman–Crippen MR) is 85.3 cm³/mol. The summed E-state index contributed by atoms with van der Waals surface area (Å²) >= 11 is 15.3. The lowest BCUT2D eigenvalue weighted by molar-refractivity contribution is 0.351. The van der Waals surface area contributed by atoms with E-state index in [2.05, 4.69) is 15.9 Å². The van der Waals surface area contributed by atoms with Crippen LogP contribution in [0.4, 0.5) is 0 Å². The van der Waals surface area contributed by atoms with E-state index in [0.717, 1.165) is 12.8 Å². The van der Waals surface area contributed by atoms with E-state index in [4.69, 9.17) is 23.2 Å². The molecule has 0 atom stereocenters.